The summed E-state index contributed by atoms with van der Waals surface area (Å²) < 4.78 is 5.30. The minimum absolute atomic E-state index is 0.178. The van der Waals surface area contributed by atoms with Crippen LogP contribution in [-0.2, 0) is 4.79 Å². The van der Waals surface area contributed by atoms with Crippen LogP contribution in [0, 0.1) is 6.92 Å². The highest BCUT2D eigenvalue weighted by molar-refractivity contribution is 5.72. The Balaban J connectivity index is 3.02. The van der Waals surface area contributed by atoms with Gasteiger partial charge in [0.2, 0.25) is 0 Å². The summed E-state index contributed by atoms with van der Waals surface area (Å²) in [5.41, 5.74) is 2.20. The molecule has 0 unspecified atom stereocenters. The highest BCUT2D eigenvalue weighted by atomic mass is 16.5. The van der Waals surface area contributed by atoms with E-state index in [1.165, 1.54) is 0 Å². The zero-order valence-electron chi connectivity index (χ0n) is 9.83. The first-order chi connectivity index (χ1) is 7.04. The Morgan fingerprint density at radius 1 is 1.40 bits per heavy atom. The smallest absolute Gasteiger partial charge is 0.310 e. The predicted molar refractivity (Wildman–Crippen MR) is 61.2 cm³/mol. The van der Waals surface area contributed by atoms with Gasteiger partial charge in [-0.2, -0.15) is 0 Å². The van der Waals surface area contributed by atoms with E-state index < -0.39 is 0 Å². The molecule has 0 fully saturated rings. The predicted octanol–water partition coefficient (Wildman–Crippen LogP) is 3.43. The van der Waals surface area contributed by atoms with Gasteiger partial charge in [0.1, 0.15) is 5.75 Å². The van der Waals surface area contributed by atoms with Gasteiger partial charge in [-0.25, -0.2) is 0 Å². The zero-order chi connectivity index (χ0) is 11.4. The first kappa shape index (κ1) is 11.8. The molecule has 15 heavy (non-hydrogen) atoms. The quantitative estimate of drug-likeness (QED) is 0.559. The van der Waals surface area contributed by atoms with Crippen molar-refractivity contribution in [1.82, 2.24) is 0 Å². The van der Waals surface area contributed by atoms with Gasteiger partial charge < -0.3 is 4.74 Å². The third-order valence-electron chi connectivity index (χ3n) is 2.30. The fourth-order valence-electron chi connectivity index (χ4n) is 1.40. The molecule has 0 saturated heterocycles. The fourth-order valence-corrected chi connectivity index (χ4v) is 1.40. The minimum Gasteiger partial charge on any atom is -0.426 e. The molecule has 0 N–H and O–H groups in total. The van der Waals surface area contributed by atoms with Crippen molar-refractivity contribution in [1.29, 1.82) is 0 Å². The van der Waals surface area contributed by atoms with Gasteiger partial charge in [0.25, 0.3) is 0 Å². The summed E-state index contributed by atoms with van der Waals surface area (Å²) in [5, 5.41) is 0. The number of hydrogen-bond acceptors (Lipinski definition) is 2. The number of aryl methyl sites for hydroxylation is 1. The maximum absolute atomic E-state index is 11.2. The SMILES string of the molecule is CCC(=O)Oc1cc(C)ccc1C(C)C. The maximum Gasteiger partial charge on any atom is 0.310 e. The summed E-state index contributed by atoms with van der Waals surface area (Å²) in [5.74, 6) is 0.893. The van der Waals surface area contributed by atoms with Gasteiger partial charge in [-0.15, -0.1) is 0 Å². The van der Waals surface area contributed by atoms with Crippen molar-refractivity contribution in [3.05, 3.63) is 29.3 Å². The van der Waals surface area contributed by atoms with E-state index in [1.54, 1.807) is 6.92 Å². The van der Waals surface area contributed by atoms with Crippen LogP contribution >= 0.6 is 0 Å². The molecular formula is C13H18O2. The molecule has 0 amide bonds. The van der Waals surface area contributed by atoms with E-state index in [0.717, 1.165) is 11.1 Å². The molecular weight excluding hydrogens is 188 g/mol. The number of ether oxygens (including phenoxy) is 1. The molecule has 0 heterocycles. The largest absolute Gasteiger partial charge is 0.426 e. The van der Waals surface area contributed by atoms with Crippen LogP contribution in [-0.4, -0.2) is 5.97 Å². The Kier molecular flexibility index (Phi) is 3.89. The number of carbonyl (C=O) groups is 1. The van der Waals surface area contributed by atoms with E-state index in [-0.39, 0.29) is 5.97 Å². The molecule has 0 aromatic heterocycles. The average Bonchev–Trinajstić information content (AvgIpc) is 2.17. The van der Waals surface area contributed by atoms with E-state index >= 15 is 0 Å². The van der Waals surface area contributed by atoms with Gasteiger partial charge >= 0.3 is 5.97 Å². The second kappa shape index (κ2) is 4.96. The van der Waals surface area contributed by atoms with Crippen molar-refractivity contribution < 1.29 is 9.53 Å². The van der Waals surface area contributed by atoms with E-state index in [9.17, 15) is 4.79 Å². The lowest BCUT2D eigenvalue weighted by molar-refractivity contribution is -0.134. The summed E-state index contributed by atoms with van der Waals surface area (Å²) in [4.78, 5) is 11.2. The van der Waals surface area contributed by atoms with Crippen molar-refractivity contribution in [2.24, 2.45) is 0 Å². The van der Waals surface area contributed by atoms with E-state index in [0.29, 0.717) is 18.1 Å². The summed E-state index contributed by atoms with van der Waals surface area (Å²) in [6.07, 6.45) is 0.408. The zero-order valence-corrected chi connectivity index (χ0v) is 9.83. The van der Waals surface area contributed by atoms with Crippen LogP contribution in [0.2, 0.25) is 0 Å². The third kappa shape index (κ3) is 3.08. The number of esters is 1. The van der Waals surface area contributed by atoms with Crippen molar-refractivity contribution in [3.63, 3.8) is 0 Å². The van der Waals surface area contributed by atoms with E-state index in [4.69, 9.17) is 4.74 Å². The Bertz CT molecular complexity index is 354. The standard InChI is InChI=1S/C13H18O2/c1-5-13(14)15-12-8-10(4)6-7-11(12)9(2)3/h6-9H,5H2,1-4H3. The van der Waals surface area contributed by atoms with Gasteiger partial charge in [-0.1, -0.05) is 32.9 Å². The van der Waals surface area contributed by atoms with Gasteiger partial charge in [0.15, 0.2) is 0 Å². The van der Waals surface area contributed by atoms with Crippen LogP contribution in [0.1, 0.15) is 44.2 Å². The number of rotatable bonds is 3. The molecule has 0 spiro atoms. The second-order valence-corrected chi connectivity index (χ2v) is 4.02. The van der Waals surface area contributed by atoms with Crippen LogP contribution in [0.4, 0.5) is 0 Å². The Morgan fingerprint density at radius 2 is 2.07 bits per heavy atom. The van der Waals surface area contributed by atoms with Crippen molar-refractivity contribution in [2.45, 2.75) is 40.0 Å². The molecule has 0 bridgehead atoms. The normalized spacial score (nSPS) is 10.5. The Morgan fingerprint density at radius 3 is 2.60 bits per heavy atom. The van der Waals surface area contributed by atoms with Crippen molar-refractivity contribution >= 4 is 5.97 Å². The summed E-state index contributed by atoms with van der Waals surface area (Å²) >= 11 is 0. The highest BCUT2D eigenvalue weighted by Gasteiger charge is 2.10. The lowest BCUT2D eigenvalue weighted by atomic mass is 10.0. The molecule has 0 saturated carbocycles. The Hall–Kier alpha value is -1.31. The van der Waals surface area contributed by atoms with Crippen LogP contribution in [0.5, 0.6) is 5.75 Å². The van der Waals surface area contributed by atoms with Crippen LogP contribution in [0.3, 0.4) is 0 Å². The lowest BCUT2D eigenvalue weighted by Gasteiger charge is -2.13. The minimum atomic E-state index is -0.178. The first-order valence-electron chi connectivity index (χ1n) is 5.35. The second-order valence-electron chi connectivity index (χ2n) is 4.02. The van der Waals surface area contributed by atoms with Crippen LogP contribution in [0.15, 0.2) is 18.2 Å². The lowest BCUT2D eigenvalue weighted by Crippen LogP contribution is -2.08. The van der Waals surface area contributed by atoms with E-state index in [2.05, 4.69) is 13.8 Å². The molecule has 0 aliphatic rings. The molecule has 0 aliphatic heterocycles. The summed E-state index contributed by atoms with van der Waals surface area (Å²) in [6.45, 7) is 7.97. The third-order valence-corrected chi connectivity index (χ3v) is 2.30. The molecule has 2 heteroatoms. The van der Waals surface area contributed by atoms with Crippen LogP contribution < -0.4 is 4.74 Å². The molecule has 0 atom stereocenters. The summed E-state index contributed by atoms with van der Waals surface area (Å²) in [6, 6.07) is 5.99. The number of carbonyl (C=O) groups excluding carboxylic acids is 1. The molecule has 0 aliphatic carbocycles. The van der Waals surface area contributed by atoms with Gasteiger partial charge in [0.05, 0.1) is 0 Å². The first-order valence-corrected chi connectivity index (χ1v) is 5.35. The van der Waals surface area contributed by atoms with E-state index in [1.807, 2.05) is 25.1 Å². The fraction of sp³-hybridized carbons (Fsp3) is 0.462. The van der Waals surface area contributed by atoms with Gasteiger partial charge in [0, 0.05) is 6.42 Å². The monoisotopic (exact) mass is 206 g/mol. The molecule has 0 radical (unpaired) electrons. The highest BCUT2D eigenvalue weighted by Crippen LogP contribution is 2.27. The molecule has 1 aromatic rings. The topological polar surface area (TPSA) is 26.3 Å². The van der Waals surface area contributed by atoms with Gasteiger partial charge in [-0.05, 0) is 30.0 Å². The van der Waals surface area contributed by atoms with Crippen LogP contribution in [0.25, 0.3) is 0 Å². The number of hydrogen-bond donors (Lipinski definition) is 0. The van der Waals surface area contributed by atoms with Crippen molar-refractivity contribution in [2.75, 3.05) is 0 Å². The Labute approximate surface area is 91.3 Å². The molecule has 1 aromatic carbocycles. The van der Waals surface area contributed by atoms with Crippen molar-refractivity contribution in [3.8, 4) is 5.75 Å². The summed E-state index contributed by atoms with van der Waals surface area (Å²) in [7, 11) is 0. The molecule has 82 valence electrons. The average molecular weight is 206 g/mol. The number of benzene rings is 1. The molecule has 2 nitrogen and oxygen atoms in total. The van der Waals surface area contributed by atoms with Gasteiger partial charge in [-0.3, -0.25) is 4.79 Å². The maximum atomic E-state index is 11.2. The molecule has 1 rings (SSSR count).